The summed E-state index contributed by atoms with van der Waals surface area (Å²) in [4.78, 5) is 14.9. The number of carbonyl (C=O) groups excluding carboxylic acids is 1. The summed E-state index contributed by atoms with van der Waals surface area (Å²) in [6.45, 7) is 9.47. The molecule has 1 aromatic rings. The van der Waals surface area contributed by atoms with Crippen LogP contribution >= 0.6 is 0 Å². The van der Waals surface area contributed by atoms with Crippen LogP contribution in [-0.4, -0.2) is 17.4 Å². The van der Waals surface area contributed by atoms with Gasteiger partial charge in [0.05, 0.1) is 0 Å². The Bertz CT molecular complexity index is 786. The van der Waals surface area contributed by atoms with Gasteiger partial charge in [0.1, 0.15) is 0 Å². The van der Waals surface area contributed by atoms with E-state index in [0.29, 0.717) is 5.92 Å². The van der Waals surface area contributed by atoms with Crippen LogP contribution in [0, 0.1) is 11.3 Å². The highest BCUT2D eigenvalue weighted by molar-refractivity contribution is 6.00. The molecule has 1 amide bonds. The van der Waals surface area contributed by atoms with Gasteiger partial charge in [-0.1, -0.05) is 55.5 Å². The van der Waals surface area contributed by atoms with Gasteiger partial charge in [0.2, 0.25) is 0 Å². The molecule has 2 nitrogen and oxygen atoms in total. The topological polar surface area (TPSA) is 20.3 Å². The minimum Gasteiger partial charge on any atom is -0.308 e. The molecular formula is C23H27NO. The molecule has 130 valence electrons. The highest BCUT2D eigenvalue weighted by atomic mass is 16.2. The van der Waals surface area contributed by atoms with Crippen LogP contribution in [0.3, 0.4) is 0 Å². The Balaban J connectivity index is 1.64. The highest BCUT2D eigenvalue weighted by Crippen LogP contribution is 2.54. The molecular weight excluding hydrogens is 306 g/mol. The van der Waals surface area contributed by atoms with Crippen LogP contribution in [0.2, 0.25) is 0 Å². The van der Waals surface area contributed by atoms with E-state index in [4.69, 9.17) is 0 Å². The van der Waals surface area contributed by atoms with Gasteiger partial charge in [0.25, 0.3) is 5.91 Å². The lowest BCUT2D eigenvalue weighted by molar-refractivity contribution is -0.124. The molecule has 0 saturated heterocycles. The second-order valence-corrected chi connectivity index (χ2v) is 8.10. The summed E-state index contributed by atoms with van der Waals surface area (Å²) in [6.07, 6.45) is 7.85. The number of amides is 1. The van der Waals surface area contributed by atoms with E-state index >= 15 is 0 Å². The molecule has 4 rings (SSSR count). The molecule has 0 aromatic heterocycles. The Morgan fingerprint density at radius 2 is 2.04 bits per heavy atom. The van der Waals surface area contributed by atoms with Gasteiger partial charge in [-0.2, -0.15) is 0 Å². The summed E-state index contributed by atoms with van der Waals surface area (Å²) in [5, 5.41) is 0. The van der Waals surface area contributed by atoms with Crippen molar-refractivity contribution >= 4 is 5.91 Å². The van der Waals surface area contributed by atoms with Gasteiger partial charge in [-0.15, -0.1) is 0 Å². The van der Waals surface area contributed by atoms with Gasteiger partial charge in [0, 0.05) is 17.8 Å². The summed E-state index contributed by atoms with van der Waals surface area (Å²) in [6, 6.07) is 10.4. The summed E-state index contributed by atoms with van der Waals surface area (Å²) in [5.74, 6) is 0.696. The average Bonchev–Trinajstić information content (AvgIpc) is 2.82. The zero-order valence-corrected chi connectivity index (χ0v) is 15.3. The first-order chi connectivity index (χ1) is 12.0. The molecule has 0 radical (unpaired) electrons. The van der Waals surface area contributed by atoms with Crippen molar-refractivity contribution in [3.05, 3.63) is 71.0 Å². The zero-order chi connectivity index (χ0) is 17.6. The number of nitrogens with zero attached hydrogens (tertiary/aromatic N) is 1. The number of allylic oxidation sites excluding steroid dienone is 3. The third-order valence-corrected chi connectivity index (χ3v) is 6.46. The minimum atomic E-state index is 0.157. The van der Waals surface area contributed by atoms with Gasteiger partial charge in [-0.05, 0) is 61.5 Å². The van der Waals surface area contributed by atoms with Gasteiger partial charge >= 0.3 is 0 Å². The van der Waals surface area contributed by atoms with Gasteiger partial charge < -0.3 is 4.90 Å². The molecule has 1 aromatic carbocycles. The van der Waals surface area contributed by atoms with Crippen LogP contribution in [0.15, 0.2) is 65.4 Å². The van der Waals surface area contributed by atoms with Crippen LogP contribution in [0.25, 0.3) is 0 Å². The fraction of sp³-hybridized carbons (Fsp3) is 0.435. The molecule has 25 heavy (non-hydrogen) atoms. The van der Waals surface area contributed by atoms with Crippen molar-refractivity contribution in [2.75, 3.05) is 6.54 Å². The lowest BCUT2D eigenvalue weighted by Crippen LogP contribution is -2.37. The first-order valence-corrected chi connectivity index (χ1v) is 9.46. The number of hydrogen-bond donors (Lipinski definition) is 0. The SMILES string of the molecule is C=C1CCCC2(C)C=C3C(=C(C)C(=O)N3CCc3ccccc3)CC12. The first kappa shape index (κ1) is 16.4. The molecule has 0 bridgehead atoms. The fourth-order valence-electron chi connectivity index (χ4n) is 4.90. The van der Waals surface area contributed by atoms with E-state index in [1.54, 1.807) is 0 Å². The van der Waals surface area contributed by atoms with E-state index in [1.807, 2.05) is 17.9 Å². The van der Waals surface area contributed by atoms with E-state index in [2.05, 4.69) is 43.8 Å². The summed E-state index contributed by atoms with van der Waals surface area (Å²) in [5.41, 5.74) is 6.21. The molecule has 2 aliphatic carbocycles. The number of hydrogen-bond acceptors (Lipinski definition) is 1. The minimum absolute atomic E-state index is 0.157. The Kier molecular flexibility index (Phi) is 3.94. The highest BCUT2D eigenvalue weighted by Gasteiger charge is 2.45. The lowest BCUT2D eigenvalue weighted by Gasteiger charge is -2.45. The molecule has 0 spiro atoms. The van der Waals surface area contributed by atoms with E-state index in [0.717, 1.165) is 31.4 Å². The summed E-state index contributed by atoms with van der Waals surface area (Å²) >= 11 is 0. The molecule has 1 aliphatic heterocycles. The number of rotatable bonds is 3. The molecule has 2 atom stereocenters. The smallest absolute Gasteiger partial charge is 0.254 e. The standard InChI is InChI=1S/C23H27NO/c1-16-8-7-12-23(3)15-21-19(14-20(16)23)17(2)22(25)24(21)13-11-18-9-5-4-6-10-18/h4-6,9-10,15,20H,1,7-8,11-14H2,2-3H3. The molecule has 1 heterocycles. The number of benzene rings is 1. The zero-order valence-electron chi connectivity index (χ0n) is 15.3. The van der Waals surface area contributed by atoms with Crippen LogP contribution in [0.4, 0.5) is 0 Å². The largest absolute Gasteiger partial charge is 0.308 e. The van der Waals surface area contributed by atoms with Gasteiger partial charge in [-0.25, -0.2) is 0 Å². The molecule has 2 heteroatoms. The van der Waals surface area contributed by atoms with E-state index in [1.165, 1.54) is 35.2 Å². The van der Waals surface area contributed by atoms with Crippen molar-refractivity contribution in [3.8, 4) is 0 Å². The maximum Gasteiger partial charge on any atom is 0.254 e. The van der Waals surface area contributed by atoms with Crippen LogP contribution in [-0.2, 0) is 11.2 Å². The molecule has 1 saturated carbocycles. The van der Waals surface area contributed by atoms with Gasteiger partial charge in [0.15, 0.2) is 0 Å². The van der Waals surface area contributed by atoms with Crippen molar-refractivity contribution in [1.82, 2.24) is 4.90 Å². The van der Waals surface area contributed by atoms with E-state index < -0.39 is 0 Å². The van der Waals surface area contributed by atoms with Crippen LogP contribution in [0.5, 0.6) is 0 Å². The third kappa shape index (κ3) is 2.68. The van der Waals surface area contributed by atoms with Crippen molar-refractivity contribution in [1.29, 1.82) is 0 Å². The Morgan fingerprint density at radius 3 is 2.80 bits per heavy atom. The molecule has 3 aliphatic rings. The normalized spacial score (nSPS) is 28.8. The van der Waals surface area contributed by atoms with Crippen molar-refractivity contribution < 1.29 is 4.79 Å². The van der Waals surface area contributed by atoms with E-state index in [9.17, 15) is 4.79 Å². The van der Waals surface area contributed by atoms with Crippen molar-refractivity contribution in [3.63, 3.8) is 0 Å². The van der Waals surface area contributed by atoms with Crippen LogP contribution < -0.4 is 0 Å². The third-order valence-electron chi connectivity index (χ3n) is 6.46. The maximum atomic E-state index is 12.9. The molecule has 0 N–H and O–H groups in total. The quantitative estimate of drug-likeness (QED) is 0.710. The second-order valence-electron chi connectivity index (χ2n) is 8.10. The fourth-order valence-corrected chi connectivity index (χ4v) is 4.90. The molecule has 2 unspecified atom stereocenters. The Hall–Kier alpha value is -2.09. The molecule has 1 fully saturated rings. The monoisotopic (exact) mass is 333 g/mol. The average molecular weight is 333 g/mol. The van der Waals surface area contributed by atoms with Crippen molar-refractivity contribution in [2.24, 2.45) is 11.3 Å². The lowest BCUT2D eigenvalue weighted by atomic mass is 9.60. The number of carbonyl (C=O) groups is 1. The van der Waals surface area contributed by atoms with Crippen molar-refractivity contribution in [2.45, 2.75) is 46.0 Å². The predicted molar refractivity (Wildman–Crippen MR) is 102 cm³/mol. The number of fused-ring (bicyclic) bond motifs is 2. The second kappa shape index (κ2) is 6.01. The van der Waals surface area contributed by atoms with E-state index in [-0.39, 0.29) is 11.3 Å². The Labute approximate surface area is 150 Å². The Morgan fingerprint density at radius 1 is 1.28 bits per heavy atom. The summed E-state index contributed by atoms with van der Waals surface area (Å²) < 4.78 is 0. The maximum absolute atomic E-state index is 12.9. The van der Waals surface area contributed by atoms with Gasteiger partial charge in [-0.3, -0.25) is 4.79 Å². The first-order valence-electron chi connectivity index (χ1n) is 9.46. The van der Waals surface area contributed by atoms with Crippen LogP contribution in [0.1, 0.15) is 45.1 Å². The summed E-state index contributed by atoms with van der Waals surface area (Å²) in [7, 11) is 0. The predicted octanol–water partition coefficient (Wildman–Crippen LogP) is 5.04.